The van der Waals surface area contributed by atoms with Gasteiger partial charge in [-0.05, 0) is 24.2 Å². The highest BCUT2D eigenvalue weighted by Gasteiger charge is 2.41. The fourth-order valence-corrected chi connectivity index (χ4v) is 2.08. The number of hydrogen-bond donors (Lipinski definition) is 1. The number of hydrogen-bond acceptors (Lipinski definition) is 3. The Morgan fingerprint density at radius 2 is 2.15 bits per heavy atom. The van der Waals surface area contributed by atoms with E-state index < -0.39 is 0 Å². The number of esters is 1. The lowest BCUT2D eigenvalue weighted by Gasteiger charge is -2.30. The van der Waals surface area contributed by atoms with E-state index in [0.717, 1.165) is 12.8 Å². The molecule has 1 fully saturated rings. The third kappa shape index (κ3) is 2.02. The lowest BCUT2D eigenvalue weighted by molar-refractivity contribution is -0.142. The van der Waals surface area contributed by atoms with E-state index in [-0.39, 0.29) is 17.4 Å². The summed E-state index contributed by atoms with van der Waals surface area (Å²) in [5.74, 6) is 0.266. The highest BCUT2D eigenvalue weighted by molar-refractivity contribution is 5.69. The Kier molecular flexibility index (Phi) is 2.96. The van der Waals surface area contributed by atoms with Gasteiger partial charge in [0.2, 0.25) is 0 Å². The fraction of sp³-hybridized carbons (Fsp3) is 0.900. The van der Waals surface area contributed by atoms with Crippen LogP contribution in [-0.2, 0) is 9.53 Å². The molecule has 0 saturated heterocycles. The normalized spacial score (nSPS) is 31.7. The highest BCUT2D eigenvalue weighted by atomic mass is 16.5. The molecule has 3 heteroatoms. The summed E-state index contributed by atoms with van der Waals surface area (Å²) in [6.07, 6.45) is 2.58. The molecule has 0 radical (unpaired) electrons. The van der Waals surface area contributed by atoms with Crippen LogP contribution in [0.4, 0.5) is 0 Å². The van der Waals surface area contributed by atoms with Gasteiger partial charge >= 0.3 is 5.97 Å². The predicted octanol–water partition coefficient (Wildman–Crippen LogP) is 1.31. The summed E-state index contributed by atoms with van der Waals surface area (Å²) in [4.78, 5) is 11.1. The lowest BCUT2D eigenvalue weighted by atomic mass is 9.78. The van der Waals surface area contributed by atoms with Crippen LogP contribution < -0.4 is 5.73 Å². The van der Waals surface area contributed by atoms with Crippen LogP contribution in [0.5, 0.6) is 0 Å². The van der Waals surface area contributed by atoms with E-state index in [4.69, 9.17) is 5.73 Å². The summed E-state index contributed by atoms with van der Waals surface area (Å²) in [7, 11) is 1.43. The summed E-state index contributed by atoms with van der Waals surface area (Å²) in [5, 5.41) is 0. The van der Waals surface area contributed by atoms with Crippen molar-refractivity contribution in [3.05, 3.63) is 0 Å². The quantitative estimate of drug-likeness (QED) is 0.660. The molecule has 0 aromatic carbocycles. The lowest BCUT2D eigenvalue weighted by Crippen LogP contribution is -2.36. The molecule has 0 heterocycles. The Morgan fingerprint density at radius 3 is 2.54 bits per heavy atom. The van der Waals surface area contributed by atoms with Gasteiger partial charge < -0.3 is 10.5 Å². The largest absolute Gasteiger partial charge is 0.469 e. The monoisotopic (exact) mass is 185 g/mol. The van der Waals surface area contributed by atoms with Crippen molar-refractivity contribution in [1.82, 2.24) is 0 Å². The first kappa shape index (κ1) is 10.5. The molecule has 0 aromatic heterocycles. The van der Waals surface area contributed by atoms with Gasteiger partial charge in [-0.2, -0.15) is 0 Å². The molecule has 1 rings (SSSR count). The Balaban J connectivity index is 2.57. The third-order valence-corrected chi connectivity index (χ3v) is 3.47. The Morgan fingerprint density at radius 1 is 1.54 bits per heavy atom. The van der Waals surface area contributed by atoms with Gasteiger partial charge in [-0.1, -0.05) is 13.8 Å². The first-order valence-corrected chi connectivity index (χ1v) is 4.81. The number of rotatable bonds is 2. The van der Waals surface area contributed by atoms with E-state index in [1.54, 1.807) is 0 Å². The average molecular weight is 185 g/mol. The number of methoxy groups -OCH3 is 1. The molecule has 2 N–H and O–H groups in total. The maximum atomic E-state index is 11.1. The standard InChI is InChI=1S/C10H19NO2/c1-10(2)7(4-5-8(10)11)6-9(12)13-3/h7-8H,4-6,11H2,1-3H3. The van der Waals surface area contributed by atoms with Crippen LogP contribution in [-0.4, -0.2) is 19.1 Å². The second-order valence-corrected chi connectivity index (χ2v) is 4.48. The summed E-state index contributed by atoms with van der Waals surface area (Å²) < 4.78 is 4.66. The Labute approximate surface area is 79.6 Å². The molecule has 0 bridgehead atoms. The van der Waals surface area contributed by atoms with Gasteiger partial charge in [0.25, 0.3) is 0 Å². The van der Waals surface area contributed by atoms with Crippen LogP contribution in [0.25, 0.3) is 0 Å². The molecule has 1 aliphatic carbocycles. The highest BCUT2D eigenvalue weighted by Crippen LogP contribution is 2.43. The zero-order valence-electron chi connectivity index (χ0n) is 8.67. The van der Waals surface area contributed by atoms with Crippen LogP contribution in [0.1, 0.15) is 33.1 Å². The number of nitrogens with two attached hydrogens (primary N) is 1. The summed E-state index contributed by atoms with van der Waals surface area (Å²) in [6.45, 7) is 4.27. The maximum Gasteiger partial charge on any atom is 0.305 e. The minimum Gasteiger partial charge on any atom is -0.469 e. The van der Waals surface area contributed by atoms with Gasteiger partial charge in [0.1, 0.15) is 0 Å². The van der Waals surface area contributed by atoms with Crippen LogP contribution >= 0.6 is 0 Å². The van der Waals surface area contributed by atoms with E-state index in [2.05, 4.69) is 18.6 Å². The summed E-state index contributed by atoms with van der Waals surface area (Å²) in [5.41, 5.74) is 6.05. The van der Waals surface area contributed by atoms with Gasteiger partial charge in [-0.15, -0.1) is 0 Å². The SMILES string of the molecule is COC(=O)CC1CCC(N)C1(C)C. The molecule has 1 aliphatic rings. The molecular weight excluding hydrogens is 166 g/mol. The molecule has 0 aromatic rings. The second-order valence-electron chi connectivity index (χ2n) is 4.48. The fourth-order valence-electron chi connectivity index (χ4n) is 2.08. The smallest absolute Gasteiger partial charge is 0.305 e. The first-order valence-electron chi connectivity index (χ1n) is 4.81. The number of carbonyl (C=O) groups excluding carboxylic acids is 1. The third-order valence-electron chi connectivity index (χ3n) is 3.47. The molecular formula is C10H19NO2. The van der Waals surface area contributed by atoms with Crippen LogP contribution in [0, 0.1) is 11.3 Å². The van der Waals surface area contributed by atoms with Crippen molar-refractivity contribution in [1.29, 1.82) is 0 Å². The van der Waals surface area contributed by atoms with E-state index in [9.17, 15) is 4.79 Å². The predicted molar refractivity (Wildman–Crippen MR) is 51.1 cm³/mol. The van der Waals surface area contributed by atoms with Crippen molar-refractivity contribution in [3.8, 4) is 0 Å². The molecule has 0 amide bonds. The van der Waals surface area contributed by atoms with Gasteiger partial charge in [-0.3, -0.25) is 4.79 Å². The van der Waals surface area contributed by atoms with Crippen molar-refractivity contribution >= 4 is 5.97 Å². The minimum absolute atomic E-state index is 0.0776. The Hall–Kier alpha value is -0.570. The van der Waals surface area contributed by atoms with E-state index >= 15 is 0 Å². The van der Waals surface area contributed by atoms with Crippen LogP contribution in [0.3, 0.4) is 0 Å². The topological polar surface area (TPSA) is 52.3 Å². The zero-order valence-corrected chi connectivity index (χ0v) is 8.67. The van der Waals surface area contributed by atoms with Gasteiger partial charge in [0.15, 0.2) is 0 Å². The minimum atomic E-state index is -0.118. The zero-order chi connectivity index (χ0) is 10.1. The number of ether oxygens (including phenoxy) is 1. The van der Waals surface area contributed by atoms with E-state index in [0.29, 0.717) is 12.3 Å². The van der Waals surface area contributed by atoms with E-state index in [1.807, 2.05) is 0 Å². The average Bonchev–Trinajstić information content (AvgIpc) is 2.31. The van der Waals surface area contributed by atoms with Crippen molar-refractivity contribution in [2.24, 2.45) is 17.1 Å². The second kappa shape index (κ2) is 3.66. The molecule has 1 saturated carbocycles. The van der Waals surface area contributed by atoms with Gasteiger partial charge in [0.05, 0.1) is 7.11 Å². The van der Waals surface area contributed by atoms with Gasteiger partial charge in [0, 0.05) is 12.5 Å². The van der Waals surface area contributed by atoms with Crippen LogP contribution in [0.2, 0.25) is 0 Å². The molecule has 0 spiro atoms. The molecule has 2 atom stereocenters. The molecule has 76 valence electrons. The Bertz CT molecular complexity index is 201. The first-order chi connectivity index (χ1) is 5.98. The summed E-state index contributed by atoms with van der Waals surface area (Å²) >= 11 is 0. The molecule has 2 unspecified atom stereocenters. The summed E-state index contributed by atoms with van der Waals surface area (Å²) in [6, 6.07) is 0.224. The molecule has 3 nitrogen and oxygen atoms in total. The van der Waals surface area contributed by atoms with Crippen molar-refractivity contribution < 1.29 is 9.53 Å². The van der Waals surface area contributed by atoms with Crippen molar-refractivity contribution in [2.75, 3.05) is 7.11 Å². The van der Waals surface area contributed by atoms with E-state index in [1.165, 1.54) is 7.11 Å². The van der Waals surface area contributed by atoms with Crippen molar-refractivity contribution in [3.63, 3.8) is 0 Å². The van der Waals surface area contributed by atoms with Gasteiger partial charge in [-0.25, -0.2) is 0 Å². The van der Waals surface area contributed by atoms with Crippen LogP contribution in [0.15, 0.2) is 0 Å². The number of carbonyl (C=O) groups is 1. The molecule has 0 aliphatic heterocycles. The molecule has 13 heavy (non-hydrogen) atoms. The maximum absolute atomic E-state index is 11.1. The van der Waals surface area contributed by atoms with Crippen molar-refractivity contribution in [2.45, 2.75) is 39.2 Å².